The number of fused-ring (bicyclic) bond motifs is 18. The van der Waals surface area contributed by atoms with E-state index in [-0.39, 0.29) is 127 Å². The normalized spacial score (nSPS) is 50.1. The summed E-state index contributed by atoms with van der Waals surface area (Å²) < 4.78 is 762. The summed E-state index contributed by atoms with van der Waals surface area (Å²) in [5, 5.41) is 67.7. The minimum absolute atomic E-state index is 0.0378. The van der Waals surface area contributed by atoms with E-state index in [0.29, 0.717) is 30.6 Å². The van der Waals surface area contributed by atoms with Gasteiger partial charge in [-0.2, -0.15) is 0 Å². The average molecular weight is 2040 g/mol. The zero-order valence-electron chi connectivity index (χ0n) is 165. The molecule has 24 heteroatoms. The van der Waals surface area contributed by atoms with E-state index >= 15 is 0 Å². The van der Waals surface area contributed by atoms with Crippen molar-refractivity contribution in [2.45, 2.75) is 291 Å². The molecule has 18 atom stereocenters. The summed E-state index contributed by atoms with van der Waals surface area (Å²) in [4.78, 5) is 3.66. The SMILES string of the molecule is [2H]C([2H])([2H])C(C)(C([2H])([2H])[2H])C([2H])([2H])C1([2H])CN2C(c3cc(OC)c(OC)cc3C([2H])([2H])C2([2H])[2H])C([2H])([2H])C1([2H])O.[2H]C([2H])([2H])Oc1cc2c(cc1OC)C([2H])([2H])C([2H])([2H])N1CC([2H])(C([2H])([2H])C(C)(C([2H])([2H])[2H])C([2H])([2H])[2H])C([2H])(O)C([2H])([2H])C21.[2H]C([2H])([2H])Oc1cc2c(cc1OC)C([2H])([2H])C([2H])([2H])N1CC([2H])(CC(C)C)C([2H])(O)C([2H])([2H])C21.[2H]C([2H])([2H])Oc1cc2c(cc1OC)C1N(CC([2H])(C([2H])([2H])C(C)(C([2H])([2H])[2H])C([2H])([2H])[2H])C([2H])(O)C1([2H])[2H])C([2H])([2H])C2([2H])[2H].[2H]C([2H])([2H])Oc1cc2c(cc1OC)C1N(CC([2H])(CC(C)C)C([2H])(O)C1([2H])[2H])C([2H])([2H])C2([2H])[2H].[2H]C1(CC(C)C)CN2C(c3cc(OC)c(OC)cc3C([2H])([2H])C2([2H])[2H])C([2H])([2H])C1([2H])O. The number of benzene rings is 6. The molecule has 0 aromatic heterocycles. The van der Waals surface area contributed by atoms with E-state index in [9.17, 15) is 30.6 Å². The second-order valence-corrected chi connectivity index (χ2v) is 35.7. The second-order valence-electron chi connectivity index (χ2n) is 35.7. The Bertz CT molecular complexity index is 9090. The molecule has 12 heterocycles. The maximum absolute atomic E-state index is 11.5. The van der Waals surface area contributed by atoms with Crippen molar-refractivity contribution >= 4 is 0 Å². The first-order valence-corrected chi connectivity index (χ1v) is 44.4. The standard InChI is InChI=1S/3C20H31NO3.3C19H29NO3/c3*1-20(2,3)11-14-12-21-7-6-13-8-18(23-4)19(24-5)9-15(13)16(21)10-17(14)22;3*1-12(2)7-14-11-20-6-5-13-8-18(22-3)19(23-4)9-15(13)16(20)10-17(14)21/h3*8-9,14,16-17,22H,6-7,10-12H2,1-5H3;3*8-9,12,14,16-17,21H,5-7,10-11H2,1-4H3/i1D3,2D3,5D3,6D2,7D2,10D2,11D2,14D,17D;1D3,2D3,4D3,6D2,7D2,10D2,11D2,14D,17D;1D3,2D3,6D2,7D2,10D2,11D2,14D,17D;4D3,5D2,6D2,10D2,14D,17D;3D3,5D2,6D2,10D2,14D,17D;5D2,6D2,10D2,14D,17D. The molecule has 0 saturated carbocycles. The first-order valence-electron chi connectivity index (χ1n) is 86.4. The maximum Gasteiger partial charge on any atom is 0.161 e. The van der Waals surface area contributed by atoms with Gasteiger partial charge in [0.05, 0.1) is 146 Å². The predicted molar refractivity (Wildman–Crippen MR) is 561 cm³/mol. The Labute approximate surface area is 964 Å². The van der Waals surface area contributed by atoms with Crippen molar-refractivity contribution in [3.63, 3.8) is 0 Å². The van der Waals surface area contributed by atoms with Gasteiger partial charge in [0.25, 0.3) is 0 Å². The molecule has 6 fully saturated rings. The van der Waals surface area contributed by atoms with E-state index in [2.05, 4.69) is 0 Å². The van der Waals surface area contributed by atoms with Crippen LogP contribution < -0.4 is 56.8 Å². The molecule has 12 aliphatic heterocycles. The van der Waals surface area contributed by atoms with Crippen LogP contribution in [0.5, 0.6) is 69.0 Å². The molecule has 0 spiro atoms. The van der Waals surface area contributed by atoms with Crippen LogP contribution in [0, 0.1) is 69.4 Å². The van der Waals surface area contributed by atoms with E-state index in [1.165, 1.54) is 54.8 Å². The summed E-state index contributed by atoms with van der Waals surface area (Å²) in [5.74, 6) is -21.2. The van der Waals surface area contributed by atoms with Crippen LogP contribution in [0.3, 0.4) is 0 Å². The number of ether oxygens (including phenoxy) is 12. The van der Waals surface area contributed by atoms with Gasteiger partial charge < -0.3 is 87.5 Å². The van der Waals surface area contributed by atoms with Crippen LogP contribution >= 0.6 is 0 Å². The number of nitrogens with zero attached hydrogens (tertiary/aromatic N) is 6. The van der Waals surface area contributed by atoms with Gasteiger partial charge >= 0.3 is 0 Å². The van der Waals surface area contributed by atoms with Gasteiger partial charge in [-0.1, -0.05) is 103 Å². The fraction of sp³-hybridized carbons (Fsp3) is 0.692. The van der Waals surface area contributed by atoms with Crippen LogP contribution in [-0.2, 0) is 38.2 Å². The molecule has 141 heavy (non-hydrogen) atoms. The minimum atomic E-state index is -4.04. The first kappa shape index (κ1) is 44.5. The smallest absolute Gasteiger partial charge is 0.161 e. The lowest BCUT2D eigenvalue weighted by atomic mass is 9.75. The molecule has 6 saturated heterocycles. The van der Waals surface area contributed by atoms with E-state index in [4.69, 9.17) is 172 Å². The largest absolute Gasteiger partial charge is 0.493 e. The molecule has 6 aromatic carbocycles. The highest BCUT2D eigenvalue weighted by molar-refractivity contribution is 5.55. The summed E-state index contributed by atoms with van der Waals surface area (Å²) >= 11 is 0. The number of piperidine rings is 6. The van der Waals surface area contributed by atoms with Crippen LogP contribution in [0.25, 0.3) is 0 Å². The zero-order valence-corrected chi connectivity index (χ0v) is 80.8. The first-order chi connectivity index (χ1) is 99.3. The molecule has 6 N–H and O–H groups in total. The number of methoxy groups -OCH3 is 12. The highest BCUT2D eigenvalue weighted by Gasteiger charge is 2.47. The van der Waals surface area contributed by atoms with Crippen molar-refractivity contribution in [1.29, 1.82) is 0 Å². The molecule has 0 aliphatic carbocycles. The molecule has 12 aliphatic rings. The van der Waals surface area contributed by atoms with Gasteiger partial charge in [0.15, 0.2) is 69.0 Å². The van der Waals surface area contributed by atoms with E-state index in [1.54, 1.807) is 41.5 Å². The van der Waals surface area contributed by atoms with Gasteiger partial charge in [-0.3, -0.25) is 29.4 Å². The lowest BCUT2D eigenvalue weighted by molar-refractivity contribution is -0.0259. The van der Waals surface area contributed by atoms with E-state index in [1.807, 2.05) is 0 Å². The van der Waals surface area contributed by atoms with Crippen molar-refractivity contribution in [2.75, 3.05) is 163 Å². The highest BCUT2D eigenvalue weighted by atomic mass is 16.5. The number of aryl methyl sites for hydroxylation is 6. The van der Waals surface area contributed by atoms with Crippen molar-refractivity contribution in [3.8, 4) is 69.0 Å². The molecular weight excluding hydrogens is 1780 g/mol. The molecule has 0 bridgehead atoms. The quantitative estimate of drug-likeness (QED) is 0.0392. The molecule has 24 nitrogen and oxygen atoms in total. The Morgan fingerprint density at radius 1 is 0.277 bits per heavy atom. The van der Waals surface area contributed by atoms with Crippen molar-refractivity contribution in [3.05, 3.63) is 140 Å². The van der Waals surface area contributed by atoms with Gasteiger partial charge in [-0.05, 0) is 324 Å². The third-order valence-corrected chi connectivity index (χ3v) is 23.3. The van der Waals surface area contributed by atoms with Crippen molar-refractivity contribution in [1.82, 2.24) is 29.4 Å². The monoisotopic (exact) mass is 2040 g/mol. The molecule has 0 radical (unpaired) electrons. The molecule has 18 unspecified atom stereocenters. The minimum Gasteiger partial charge on any atom is -0.493 e. The molecule has 18 rings (SSSR count). The number of rotatable bonds is 21. The van der Waals surface area contributed by atoms with Crippen LogP contribution in [0.15, 0.2) is 72.8 Å². The summed E-state index contributed by atoms with van der Waals surface area (Å²) in [6.45, 7) is -35.4. The highest BCUT2D eigenvalue weighted by Crippen LogP contribution is 2.53. The van der Waals surface area contributed by atoms with Crippen molar-refractivity contribution < 1.29 is 203 Å². The predicted octanol–water partition coefficient (Wildman–Crippen LogP) is 19.3. The molecule has 6 aromatic rings. The van der Waals surface area contributed by atoms with Crippen LogP contribution in [0.4, 0.5) is 0 Å². The topological polar surface area (TPSA) is 252 Å². The zero-order chi connectivity index (χ0) is 176. The second kappa shape index (κ2) is 48.4. The Balaban J connectivity index is 0.000000215. The summed E-state index contributed by atoms with van der Waals surface area (Å²) in [7, 11) is -2.32. The van der Waals surface area contributed by atoms with E-state index in [0.717, 1.165) is 89.6 Å². The Hall–Kier alpha value is -7.56. The maximum atomic E-state index is 11.5. The lowest BCUT2D eigenvalue weighted by Gasteiger charge is -2.47. The lowest BCUT2D eigenvalue weighted by Crippen LogP contribution is -2.48. The molecular formula is C117H180N6O18. The molecule has 786 valence electrons. The Kier molecular flexibility index (Phi) is 15.3. The van der Waals surface area contributed by atoms with Gasteiger partial charge in [0.1, 0.15) is 0 Å². The Morgan fingerprint density at radius 2 is 0.433 bits per heavy atom. The fourth-order valence-corrected chi connectivity index (χ4v) is 17.0. The summed E-state index contributed by atoms with van der Waals surface area (Å²) in [5.41, 5.74) is -14.7. The van der Waals surface area contributed by atoms with Gasteiger partial charge in [-0.25, -0.2) is 0 Å². The van der Waals surface area contributed by atoms with Crippen LogP contribution in [0.1, 0.15) is 398 Å². The number of aliphatic hydroxyl groups is 6. The molecule has 0 amide bonds. The number of hydrogen-bond donors (Lipinski definition) is 6. The van der Waals surface area contributed by atoms with Gasteiger partial charge in [0, 0.05) is 205 Å². The van der Waals surface area contributed by atoms with Crippen molar-refractivity contribution in [2.24, 2.45) is 69.4 Å². The summed E-state index contributed by atoms with van der Waals surface area (Å²) in [6.07, 6.45) is -70.2. The third-order valence-electron chi connectivity index (χ3n) is 23.3. The fourth-order valence-electron chi connectivity index (χ4n) is 17.0. The van der Waals surface area contributed by atoms with Gasteiger partial charge in [-0.15, -0.1) is 0 Å². The average Bonchev–Trinajstić information content (AvgIpc) is 0.653. The summed E-state index contributed by atoms with van der Waals surface area (Å²) in [6, 6.07) is 0.987. The van der Waals surface area contributed by atoms with Crippen LogP contribution in [0.2, 0.25) is 0 Å². The van der Waals surface area contributed by atoms with Gasteiger partial charge in [0.2, 0.25) is 0 Å². The number of hydrogen-bond acceptors (Lipinski definition) is 24. The third kappa shape index (κ3) is 26.9. The van der Waals surface area contributed by atoms with Crippen LogP contribution in [-0.4, -0.2) is 260 Å². The van der Waals surface area contributed by atoms with E-state index < -0.39 is 418 Å². The Morgan fingerprint density at radius 3 is 0.596 bits per heavy atom.